The highest BCUT2D eigenvalue weighted by Gasteiger charge is 2.00. The van der Waals surface area contributed by atoms with Gasteiger partial charge in [-0.15, -0.1) is 24.0 Å². The van der Waals surface area contributed by atoms with Gasteiger partial charge in [0.15, 0.2) is 5.96 Å². The van der Waals surface area contributed by atoms with Crippen LogP contribution in [0.15, 0.2) is 4.99 Å². The van der Waals surface area contributed by atoms with E-state index >= 15 is 0 Å². The summed E-state index contributed by atoms with van der Waals surface area (Å²) < 4.78 is 4.54. The summed E-state index contributed by atoms with van der Waals surface area (Å²) in [5.41, 5.74) is 0. The number of unbranched alkanes of at least 4 members (excludes halogenated alkanes) is 2. The van der Waals surface area contributed by atoms with Gasteiger partial charge in [-0.3, -0.25) is 9.79 Å². The van der Waals surface area contributed by atoms with Crippen molar-refractivity contribution in [2.75, 3.05) is 27.2 Å². The van der Waals surface area contributed by atoms with Crippen molar-refractivity contribution in [3.05, 3.63) is 0 Å². The maximum Gasteiger partial charge on any atom is 0.307 e. The van der Waals surface area contributed by atoms with Crippen molar-refractivity contribution in [3.63, 3.8) is 0 Å². The summed E-state index contributed by atoms with van der Waals surface area (Å²) >= 11 is 0. The van der Waals surface area contributed by atoms with E-state index in [9.17, 15) is 4.79 Å². The molecule has 17 heavy (non-hydrogen) atoms. The molecule has 6 heteroatoms. The van der Waals surface area contributed by atoms with Crippen molar-refractivity contribution >= 4 is 35.9 Å². The van der Waals surface area contributed by atoms with Gasteiger partial charge in [0.05, 0.1) is 13.5 Å². The number of nitrogens with zero attached hydrogens (tertiary/aromatic N) is 1. The van der Waals surface area contributed by atoms with Gasteiger partial charge >= 0.3 is 5.97 Å². The summed E-state index contributed by atoms with van der Waals surface area (Å²) in [7, 11) is 3.10. The number of nitrogens with one attached hydrogen (secondary N) is 2. The second-order valence-corrected chi connectivity index (χ2v) is 3.46. The number of esters is 1. The minimum absolute atomic E-state index is 0. The van der Waals surface area contributed by atoms with E-state index < -0.39 is 0 Å². The van der Waals surface area contributed by atoms with Gasteiger partial charge in [0.25, 0.3) is 0 Å². The fourth-order valence-corrected chi connectivity index (χ4v) is 1.19. The van der Waals surface area contributed by atoms with E-state index in [4.69, 9.17) is 0 Å². The van der Waals surface area contributed by atoms with Crippen molar-refractivity contribution in [2.24, 2.45) is 4.99 Å². The van der Waals surface area contributed by atoms with Gasteiger partial charge in [0.1, 0.15) is 0 Å². The number of carbonyl (C=O) groups is 1. The van der Waals surface area contributed by atoms with Crippen molar-refractivity contribution in [2.45, 2.75) is 32.6 Å². The first-order chi connectivity index (χ1) is 7.74. The van der Waals surface area contributed by atoms with E-state index in [0.717, 1.165) is 18.9 Å². The highest BCUT2D eigenvalue weighted by atomic mass is 127. The summed E-state index contributed by atoms with van der Waals surface area (Å²) in [5, 5.41) is 6.23. The number of hydrogen-bond acceptors (Lipinski definition) is 3. The van der Waals surface area contributed by atoms with Crippen LogP contribution in [0.4, 0.5) is 0 Å². The van der Waals surface area contributed by atoms with Gasteiger partial charge in [0.2, 0.25) is 0 Å². The second-order valence-electron chi connectivity index (χ2n) is 3.46. The summed E-state index contributed by atoms with van der Waals surface area (Å²) in [6.45, 7) is 3.62. The Kier molecular flexibility index (Phi) is 15.0. The van der Waals surface area contributed by atoms with Crippen molar-refractivity contribution in [3.8, 4) is 0 Å². The topological polar surface area (TPSA) is 62.7 Å². The predicted molar refractivity (Wildman–Crippen MR) is 80.9 cm³/mol. The van der Waals surface area contributed by atoms with Crippen LogP contribution in [0.1, 0.15) is 32.6 Å². The number of methoxy groups -OCH3 is 1. The normalized spacial score (nSPS) is 10.4. The Balaban J connectivity index is 0. The molecule has 0 atom stereocenters. The van der Waals surface area contributed by atoms with E-state index in [2.05, 4.69) is 27.3 Å². The Morgan fingerprint density at radius 3 is 2.41 bits per heavy atom. The Morgan fingerprint density at radius 2 is 1.88 bits per heavy atom. The maximum absolute atomic E-state index is 10.9. The monoisotopic (exact) mass is 357 g/mol. The zero-order chi connectivity index (χ0) is 12.2. The number of ether oxygens (including phenoxy) is 1. The number of halogens is 1. The van der Waals surface area contributed by atoms with Crippen LogP contribution in [0.25, 0.3) is 0 Å². The molecule has 0 aromatic rings. The molecule has 0 unspecified atom stereocenters. The van der Waals surface area contributed by atoms with Crippen LogP contribution < -0.4 is 10.6 Å². The van der Waals surface area contributed by atoms with Crippen LogP contribution in [-0.4, -0.2) is 39.2 Å². The third-order valence-electron chi connectivity index (χ3n) is 2.15. The van der Waals surface area contributed by atoms with Gasteiger partial charge in [-0.1, -0.05) is 19.8 Å². The first-order valence-electron chi connectivity index (χ1n) is 5.76. The lowest BCUT2D eigenvalue weighted by Gasteiger charge is -2.10. The quantitative estimate of drug-likeness (QED) is 0.239. The number of rotatable bonds is 7. The van der Waals surface area contributed by atoms with E-state index in [1.807, 2.05) is 0 Å². The lowest BCUT2D eigenvalue weighted by molar-refractivity contribution is -0.140. The van der Waals surface area contributed by atoms with E-state index in [0.29, 0.717) is 13.0 Å². The molecule has 0 bridgehead atoms. The van der Waals surface area contributed by atoms with E-state index in [-0.39, 0.29) is 29.9 Å². The largest absolute Gasteiger partial charge is 0.469 e. The molecule has 0 rings (SSSR count). The number of hydrogen-bond donors (Lipinski definition) is 2. The van der Waals surface area contributed by atoms with Crippen LogP contribution >= 0.6 is 24.0 Å². The highest BCUT2D eigenvalue weighted by Crippen LogP contribution is 1.90. The van der Waals surface area contributed by atoms with Gasteiger partial charge in [-0.05, 0) is 6.42 Å². The molecule has 5 nitrogen and oxygen atoms in total. The van der Waals surface area contributed by atoms with Gasteiger partial charge in [0, 0.05) is 20.1 Å². The molecule has 0 aliphatic heterocycles. The Hall–Kier alpha value is -0.530. The average Bonchev–Trinajstić information content (AvgIpc) is 2.31. The zero-order valence-corrected chi connectivity index (χ0v) is 13.2. The SMILES string of the molecule is CCCCCNC(=NC)NCCC(=O)OC.I. The molecule has 0 aromatic heterocycles. The molecule has 0 aromatic carbocycles. The maximum atomic E-state index is 10.9. The van der Waals surface area contributed by atoms with Crippen LogP contribution in [0.2, 0.25) is 0 Å². The number of aliphatic imine (C=N–C) groups is 1. The predicted octanol–water partition coefficient (Wildman–Crippen LogP) is 1.52. The molecule has 0 amide bonds. The molecular formula is C11H24IN3O2. The third kappa shape index (κ3) is 11.7. The first kappa shape index (κ1) is 18.8. The molecule has 0 aliphatic rings. The molecule has 0 saturated heterocycles. The summed E-state index contributed by atoms with van der Waals surface area (Å²) in [6, 6.07) is 0. The van der Waals surface area contributed by atoms with Crippen molar-refractivity contribution in [1.82, 2.24) is 10.6 Å². The summed E-state index contributed by atoms with van der Waals surface area (Å²) in [5.74, 6) is 0.522. The smallest absolute Gasteiger partial charge is 0.307 e. The van der Waals surface area contributed by atoms with Crippen LogP contribution in [0.5, 0.6) is 0 Å². The second kappa shape index (κ2) is 13.5. The fraction of sp³-hybridized carbons (Fsp3) is 0.818. The van der Waals surface area contributed by atoms with E-state index in [1.165, 1.54) is 20.0 Å². The molecule has 0 radical (unpaired) electrons. The minimum atomic E-state index is -0.214. The highest BCUT2D eigenvalue weighted by molar-refractivity contribution is 14.0. The van der Waals surface area contributed by atoms with Crippen LogP contribution in [0.3, 0.4) is 0 Å². The molecule has 0 saturated carbocycles. The summed E-state index contributed by atoms with van der Waals surface area (Å²) in [4.78, 5) is 14.9. The van der Waals surface area contributed by atoms with Crippen molar-refractivity contribution in [1.29, 1.82) is 0 Å². The molecule has 102 valence electrons. The molecule has 0 heterocycles. The van der Waals surface area contributed by atoms with E-state index in [1.54, 1.807) is 7.05 Å². The van der Waals surface area contributed by atoms with Crippen LogP contribution in [-0.2, 0) is 9.53 Å². The Labute approximate surface area is 121 Å². The molecule has 2 N–H and O–H groups in total. The Bertz CT molecular complexity index is 223. The first-order valence-corrected chi connectivity index (χ1v) is 5.76. The third-order valence-corrected chi connectivity index (χ3v) is 2.15. The fourth-order valence-electron chi connectivity index (χ4n) is 1.19. The Morgan fingerprint density at radius 1 is 1.24 bits per heavy atom. The zero-order valence-electron chi connectivity index (χ0n) is 10.9. The lowest BCUT2D eigenvalue weighted by atomic mass is 10.2. The standard InChI is InChI=1S/C11H23N3O2.HI/c1-4-5-6-8-13-11(12-2)14-9-7-10(15)16-3;/h4-9H2,1-3H3,(H2,12,13,14);1H. The lowest BCUT2D eigenvalue weighted by Crippen LogP contribution is -2.38. The van der Waals surface area contributed by atoms with Gasteiger partial charge < -0.3 is 15.4 Å². The molecule has 0 aliphatic carbocycles. The number of carbonyl (C=O) groups excluding carboxylic acids is 1. The summed E-state index contributed by atoms with van der Waals surface area (Å²) in [6.07, 6.45) is 3.91. The minimum Gasteiger partial charge on any atom is -0.469 e. The van der Waals surface area contributed by atoms with Gasteiger partial charge in [-0.2, -0.15) is 0 Å². The molecule has 0 fully saturated rings. The average molecular weight is 357 g/mol. The number of guanidine groups is 1. The molecule has 0 spiro atoms. The van der Waals surface area contributed by atoms with Gasteiger partial charge in [-0.25, -0.2) is 0 Å². The van der Waals surface area contributed by atoms with Crippen molar-refractivity contribution < 1.29 is 9.53 Å². The van der Waals surface area contributed by atoms with Crippen LogP contribution in [0, 0.1) is 0 Å². The molecular weight excluding hydrogens is 333 g/mol.